The molecule has 460 valence electrons. The van der Waals surface area contributed by atoms with Gasteiger partial charge in [0.25, 0.3) is 0 Å². The zero-order chi connectivity index (χ0) is 57.3. The maximum Gasteiger partial charge on any atom is 0.466 e. The Morgan fingerprint density at radius 2 is 0.427 bits per heavy atom. The van der Waals surface area contributed by atoms with E-state index in [2.05, 4.69) is 106 Å². The van der Waals surface area contributed by atoms with Gasteiger partial charge in [-0.05, 0) is 126 Å². The number of hydrogen-bond donors (Lipinski definition) is 7. The fraction of sp³-hybridized carbons (Fsp3) is 1.00. The summed E-state index contributed by atoms with van der Waals surface area (Å²) in [5, 5.41) is 10.7. The van der Waals surface area contributed by atoms with Crippen molar-refractivity contribution in [3.8, 4) is 0 Å². The van der Waals surface area contributed by atoms with Crippen molar-refractivity contribution in [1.29, 1.82) is 0 Å². The SMILES string of the molecule is CC(C)CCCCCNCCCCCC(C)C.CC(C)CCCCCNCCCCCC(C)C.CC(C)CCCCCNCCCCCC(C)C.CCCCCCCCCCCCCCCCCCN.O=P(O)(O)O. The second-order valence-corrected chi connectivity index (χ2v) is 26.3. The van der Waals surface area contributed by atoms with E-state index in [1.165, 1.54) is 296 Å². The van der Waals surface area contributed by atoms with E-state index in [4.69, 9.17) is 25.0 Å². The summed E-state index contributed by atoms with van der Waals surface area (Å²) in [6.45, 7) is 38.3. The molecule has 0 aromatic heterocycles. The number of nitrogens with two attached hydrogens (primary N) is 1. The first-order chi connectivity index (χ1) is 35.8. The van der Waals surface area contributed by atoms with Gasteiger partial charge in [0, 0.05) is 0 Å². The summed E-state index contributed by atoms with van der Waals surface area (Å²) in [7, 11) is -4.64. The summed E-state index contributed by atoms with van der Waals surface area (Å²) in [5.41, 5.74) is 5.48. The van der Waals surface area contributed by atoms with Crippen LogP contribution in [0.4, 0.5) is 0 Å². The van der Waals surface area contributed by atoms with E-state index >= 15 is 0 Å². The third kappa shape index (κ3) is 114. The Kier molecular flexibility index (Phi) is 80.4. The Bertz CT molecular complexity index is 856. The molecule has 0 fully saturated rings. The Hall–Kier alpha value is -0.0500. The van der Waals surface area contributed by atoms with Crippen LogP contribution in [0.15, 0.2) is 0 Å². The summed E-state index contributed by atoms with van der Waals surface area (Å²) in [5.74, 6) is 5.27. The van der Waals surface area contributed by atoms with Crippen LogP contribution in [0.25, 0.3) is 0 Å². The van der Waals surface area contributed by atoms with Crippen molar-refractivity contribution in [1.82, 2.24) is 16.0 Å². The summed E-state index contributed by atoms with van der Waals surface area (Å²) in [4.78, 5) is 21.6. The molecule has 0 aromatic rings. The minimum absolute atomic E-state index is 0.873. The highest BCUT2D eigenvalue weighted by Gasteiger charge is 2.01. The predicted molar refractivity (Wildman–Crippen MR) is 341 cm³/mol. The number of rotatable bonds is 52. The normalized spacial score (nSPS) is 11.5. The van der Waals surface area contributed by atoms with Gasteiger partial charge < -0.3 is 36.4 Å². The molecular weight excluding hydrogens is 944 g/mol. The Morgan fingerprint density at radius 3 is 0.573 bits per heavy atom. The van der Waals surface area contributed by atoms with Crippen LogP contribution in [0.2, 0.25) is 0 Å². The van der Waals surface area contributed by atoms with Crippen LogP contribution < -0.4 is 21.7 Å². The first kappa shape index (κ1) is 83.8. The molecule has 8 nitrogen and oxygen atoms in total. The molecule has 0 radical (unpaired) electrons. The van der Waals surface area contributed by atoms with E-state index in [1.807, 2.05) is 0 Å². The summed E-state index contributed by atoms with van der Waals surface area (Å²) < 4.78 is 8.88. The largest absolute Gasteiger partial charge is 0.466 e. The van der Waals surface area contributed by atoms with E-state index in [1.54, 1.807) is 0 Å². The molecule has 0 spiro atoms. The lowest BCUT2D eigenvalue weighted by Crippen LogP contribution is -2.16. The van der Waals surface area contributed by atoms with E-state index in [0.29, 0.717) is 0 Å². The minimum Gasteiger partial charge on any atom is -0.330 e. The highest BCUT2D eigenvalue weighted by atomic mass is 31.2. The van der Waals surface area contributed by atoms with Crippen molar-refractivity contribution >= 4 is 7.82 Å². The quantitative estimate of drug-likeness (QED) is 0.0236. The second-order valence-electron chi connectivity index (χ2n) is 25.3. The van der Waals surface area contributed by atoms with Crippen molar-refractivity contribution in [2.45, 2.75) is 347 Å². The lowest BCUT2D eigenvalue weighted by atomic mass is 10.0. The van der Waals surface area contributed by atoms with Gasteiger partial charge in [-0.25, -0.2) is 4.57 Å². The molecule has 0 aliphatic heterocycles. The predicted octanol–water partition coefficient (Wildman–Crippen LogP) is 20.3. The monoisotopic (exact) mass is 1090 g/mol. The average Bonchev–Trinajstić information content (AvgIpc) is 3.32. The van der Waals surface area contributed by atoms with Gasteiger partial charge in [-0.1, -0.05) is 302 Å². The summed E-state index contributed by atoms with van der Waals surface area (Å²) in [6, 6.07) is 0. The van der Waals surface area contributed by atoms with Crippen molar-refractivity contribution in [2.24, 2.45) is 41.2 Å². The Morgan fingerprint density at radius 1 is 0.280 bits per heavy atom. The molecular formula is C66H147N4O4P. The van der Waals surface area contributed by atoms with Gasteiger partial charge in [0.05, 0.1) is 0 Å². The smallest absolute Gasteiger partial charge is 0.330 e. The molecule has 0 aromatic carbocycles. The molecule has 0 bridgehead atoms. The van der Waals surface area contributed by atoms with Gasteiger partial charge in [-0.2, -0.15) is 0 Å². The molecule has 0 unspecified atom stereocenters. The average molecular weight is 1090 g/mol. The summed E-state index contributed by atoms with van der Waals surface area (Å²) >= 11 is 0. The van der Waals surface area contributed by atoms with Gasteiger partial charge in [0.2, 0.25) is 0 Å². The highest BCUT2D eigenvalue weighted by molar-refractivity contribution is 7.45. The van der Waals surface area contributed by atoms with Crippen LogP contribution in [0.1, 0.15) is 347 Å². The van der Waals surface area contributed by atoms with Gasteiger partial charge in [0.1, 0.15) is 0 Å². The summed E-state index contributed by atoms with van der Waals surface area (Å²) in [6.07, 6.45) is 56.3. The van der Waals surface area contributed by atoms with Gasteiger partial charge in [-0.15, -0.1) is 0 Å². The van der Waals surface area contributed by atoms with Gasteiger partial charge in [-0.3, -0.25) is 0 Å². The molecule has 0 atom stereocenters. The van der Waals surface area contributed by atoms with Gasteiger partial charge in [0.15, 0.2) is 0 Å². The highest BCUT2D eigenvalue weighted by Crippen LogP contribution is 2.26. The van der Waals surface area contributed by atoms with Crippen LogP contribution in [0.5, 0.6) is 0 Å². The van der Waals surface area contributed by atoms with Crippen LogP contribution in [0.3, 0.4) is 0 Å². The fourth-order valence-corrected chi connectivity index (χ4v) is 8.94. The maximum atomic E-state index is 8.88. The zero-order valence-electron chi connectivity index (χ0n) is 54.0. The third-order valence-corrected chi connectivity index (χ3v) is 13.9. The Balaban J connectivity index is -0.000000281. The minimum atomic E-state index is -4.64. The Labute approximate surface area is 474 Å². The lowest BCUT2D eigenvalue weighted by Gasteiger charge is -2.07. The molecule has 0 saturated carbocycles. The third-order valence-electron chi connectivity index (χ3n) is 13.9. The van der Waals surface area contributed by atoms with Crippen molar-refractivity contribution in [2.75, 3.05) is 45.8 Å². The number of nitrogens with one attached hydrogen (secondary N) is 3. The molecule has 0 aliphatic rings. The molecule has 75 heavy (non-hydrogen) atoms. The molecule has 9 heteroatoms. The van der Waals surface area contributed by atoms with E-state index in [-0.39, 0.29) is 0 Å². The molecule has 0 saturated heterocycles. The fourth-order valence-electron chi connectivity index (χ4n) is 8.94. The first-order valence-corrected chi connectivity index (χ1v) is 35.0. The topological polar surface area (TPSA) is 140 Å². The van der Waals surface area contributed by atoms with Crippen LogP contribution in [-0.2, 0) is 4.57 Å². The number of phosphoric acid groups is 1. The van der Waals surface area contributed by atoms with Crippen molar-refractivity contribution in [3.63, 3.8) is 0 Å². The van der Waals surface area contributed by atoms with Gasteiger partial charge >= 0.3 is 7.82 Å². The lowest BCUT2D eigenvalue weighted by molar-refractivity contribution is 0.275. The molecule has 0 amide bonds. The number of hydrogen-bond acceptors (Lipinski definition) is 5. The zero-order valence-corrected chi connectivity index (χ0v) is 54.9. The van der Waals surface area contributed by atoms with Crippen LogP contribution in [-0.4, -0.2) is 60.5 Å². The van der Waals surface area contributed by atoms with Crippen molar-refractivity contribution in [3.05, 3.63) is 0 Å². The van der Waals surface area contributed by atoms with Crippen LogP contribution in [0, 0.1) is 35.5 Å². The van der Waals surface area contributed by atoms with Crippen LogP contribution >= 0.6 is 7.82 Å². The van der Waals surface area contributed by atoms with E-state index < -0.39 is 7.82 Å². The molecule has 0 heterocycles. The second kappa shape index (κ2) is 72.0. The van der Waals surface area contributed by atoms with E-state index in [0.717, 1.165) is 42.1 Å². The van der Waals surface area contributed by atoms with E-state index in [9.17, 15) is 0 Å². The molecule has 0 rings (SSSR count). The standard InChI is InChI=1S/C18H39N.3C16H35N.H3O4P/c1-2-3-4-5-6-7-8-9-10-11-12-13-14-15-16-17-18-19;3*1-15(2)11-7-5-9-13-17-14-10-6-8-12-16(3)4;1-5(2,3)4/h2-19H2,1H3;3*15-17H,5-14H2,1-4H3;(H3,1,2,3,4). The molecule has 8 N–H and O–H groups in total. The first-order valence-electron chi connectivity index (χ1n) is 33.4. The number of unbranched alkanes of at least 4 members (excludes halogenated alkanes) is 27. The van der Waals surface area contributed by atoms with Crippen molar-refractivity contribution < 1.29 is 19.2 Å². The molecule has 0 aliphatic carbocycles. The maximum absolute atomic E-state index is 8.88.